The van der Waals surface area contributed by atoms with Crippen LogP contribution in [0.4, 0.5) is 0 Å². The average molecular weight is 450 g/mol. The molecule has 0 atom stereocenters. The predicted octanol–water partition coefficient (Wildman–Crippen LogP) is 5.60. The maximum atomic E-state index is 13.0. The summed E-state index contributed by atoms with van der Waals surface area (Å²) < 4.78 is 3.79. The second-order valence-electron chi connectivity index (χ2n) is 8.05. The van der Waals surface area contributed by atoms with Gasteiger partial charge in [0.05, 0.1) is 11.4 Å². The molecule has 0 fully saturated rings. The van der Waals surface area contributed by atoms with Gasteiger partial charge in [-0.25, -0.2) is 4.98 Å². The number of hydrogen-bond donors (Lipinski definition) is 1. The van der Waals surface area contributed by atoms with E-state index in [1.54, 1.807) is 16.7 Å². The summed E-state index contributed by atoms with van der Waals surface area (Å²) in [6.07, 6.45) is 6.63. The molecule has 0 spiro atoms. The third kappa shape index (κ3) is 4.79. The first-order valence-corrected chi connectivity index (χ1v) is 11.6. The third-order valence-corrected chi connectivity index (χ3v) is 5.97. The van der Waals surface area contributed by atoms with E-state index in [1.807, 2.05) is 24.3 Å². The van der Waals surface area contributed by atoms with E-state index in [0.29, 0.717) is 10.8 Å². The molecule has 0 saturated heterocycles. The number of unbranched alkanes of at least 4 members (excludes halogenated alkanes) is 2. The van der Waals surface area contributed by atoms with E-state index in [0.717, 1.165) is 61.2 Å². The number of aliphatic hydroxyl groups excluding tert-OH is 1. The summed E-state index contributed by atoms with van der Waals surface area (Å²) in [4.78, 5) is 17.9. The Morgan fingerprint density at radius 3 is 2.38 bits per heavy atom. The average Bonchev–Trinajstić information content (AvgIpc) is 3.26. The number of halogens is 1. The standard InChI is InChI=1S/C26H28ClN3O2/c1-2-3-4-15-29-24(21-9-7-19(8-10-21)6-5-16-31)17-25(32)30-18-23(28-26(29)30)20-11-13-22(27)14-12-20/h7-14,17-18,31H,2-6,15-16H2,1H3. The van der Waals surface area contributed by atoms with Crippen molar-refractivity contribution in [3.05, 3.63) is 81.7 Å². The molecule has 0 aliphatic carbocycles. The minimum Gasteiger partial charge on any atom is -0.396 e. The fraction of sp³-hybridized carbons (Fsp3) is 0.308. The van der Waals surface area contributed by atoms with Crippen LogP contribution >= 0.6 is 11.6 Å². The van der Waals surface area contributed by atoms with Crippen LogP contribution in [0.5, 0.6) is 0 Å². The molecule has 0 aliphatic rings. The molecule has 0 aliphatic heterocycles. The highest BCUT2D eigenvalue weighted by Crippen LogP contribution is 2.25. The van der Waals surface area contributed by atoms with Crippen LogP contribution in [0.2, 0.25) is 5.02 Å². The Labute approximate surface area is 192 Å². The van der Waals surface area contributed by atoms with Crippen molar-refractivity contribution < 1.29 is 5.11 Å². The molecular weight excluding hydrogens is 422 g/mol. The van der Waals surface area contributed by atoms with Gasteiger partial charge in [0.1, 0.15) is 0 Å². The summed E-state index contributed by atoms with van der Waals surface area (Å²) in [5, 5.41) is 9.74. The minimum atomic E-state index is -0.0983. The molecule has 0 bridgehead atoms. The van der Waals surface area contributed by atoms with Crippen LogP contribution in [0.25, 0.3) is 28.3 Å². The Morgan fingerprint density at radius 1 is 0.969 bits per heavy atom. The number of rotatable bonds is 9. The fourth-order valence-electron chi connectivity index (χ4n) is 3.96. The summed E-state index contributed by atoms with van der Waals surface area (Å²) in [5.41, 5.74) is 4.62. The molecule has 0 radical (unpaired) electrons. The Bertz CT molecular complexity index is 1240. The van der Waals surface area contributed by atoms with Crippen molar-refractivity contribution in [3.63, 3.8) is 0 Å². The number of aliphatic hydroxyl groups is 1. The highest BCUT2D eigenvalue weighted by Gasteiger charge is 2.15. The van der Waals surface area contributed by atoms with Crippen LogP contribution in [-0.4, -0.2) is 25.7 Å². The van der Waals surface area contributed by atoms with E-state index in [4.69, 9.17) is 21.7 Å². The van der Waals surface area contributed by atoms with Gasteiger partial charge in [-0.1, -0.05) is 67.8 Å². The van der Waals surface area contributed by atoms with Crippen molar-refractivity contribution in [1.82, 2.24) is 14.0 Å². The lowest BCUT2D eigenvalue weighted by Crippen LogP contribution is -2.18. The molecule has 32 heavy (non-hydrogen) atoms. The lowest BCUT2D eigenvalue weighted by atomic mass is 10.1. The van der Waals surface area contributed by atoms with E-state index in [-0.39, 0.29) is 12.2 Å². The fourth-order valence-corrected chi connectivity index (χ4v) is 4.09. The molecule has 166 valence electrons. The van der Waals surface area contributed by atoms with Crippen LogP contribution in [-0.2, 0) is 13.0 Å². The number of aromatic nitrogens is 3. The van der Waals surface area contributed by atoms with Gasteiger partial charge in [0.2, 0.25) is 5.78 Å². The van der Waals surface area contributed by atoms with E-state index >= 15 is 0 Å². The monoisotopic (exact) mass is 449 g/mol. The first-order chi connectivity index (χ1) is 15.6. The summed E-state index contributed by atoms with van der Waals surface area (Å²) in [6.45, 7) is 3.16. The number of imidazole rings is 1. The first-order valence-electron chi connectivity index (χ1n) is 11.2. The van der Waals surface area contributed by atoms with Gasteiger partial charge in [-0.3, -0.25) is 9.20 Å². The second kappa shape index (κ2) is 10.2. The normalized spacial score (nSPS) is 11.3. The van der Waals surface area contributed by atoms with E-state index < -0.39 is 0 Å². The molecule has 4 rings (SSSR count). The number of aryl methyl sites for hydroxylation is 2. The van der Waals surface area contributed by atoms with Gasteiger partial charge in [-0.05, 0) is 42.5 Å². The number of hydrogen-bond acceptors (Lipinski definition) is 3. The van der Waals surface area contributed by atoms with E-state index in [1.165, 1.54) is 5.56 Å². The molecule has 2 aromatic heterocycles. The van der Waals surface area contributed by atoms with Crippen LogP contribution in [0.1, 0.15) is 38.2 Å². The number of nitrogens with zero attached hydrogens (tertiary/aromatic N) is 3. The molecule has 0 unspecified atom stereocenters. The third-order valence-electron chi connectivity index (χ3n) is 5.72. The van der Waals surface area contributed by atoms with Crippen LogP contribution < -0.4 is 5.56 Å². The van der Waals surface area contributed by atoms with Crippen molar-refractivity contribution in [2.45, 2.75) is 45.6 Å². The summed E-state index contributed by atoms with van der Waals surface area (Å²) in [5.74, 6) is 0.651. The minimum absolute atomic E-state index is 0.0983. The van der Waals surface area contributed by atoms with Gasteiger partial charge >= 0.3 is 0 Å². The quantitative estimate of drug-likeness (QED) is 0.338. The van der Waals surface area contributed by atoms with Crippen LogP contribution in [0.15, 0.2) is 65.6 Å². The van der Waals surface area contributed by atoms with Gasteiger partial charge < -0.3 is 9.67 Å². The van der Waals surface area contributed by atoms with Crippen molar-refractivity contribution in [3.8, 4) is 22.5 Å². The Hall–Kier alpha value is -2.89. The molecule has 6 heteroatoms. The van der Waals surface area contributed by atoms with Crippen molar-refractivity contribution in [2.24, 2.45) is 0 Å². The maximum Gasteiger partial charge on any atom is 0.259 e. The van der Waals surface area contributed by atoms with Gasteiger partial charge in [-0.2, -0.15) is 0 Å². The Balaban J connectivity index is 1.81. The maximum absolute atomic E-state index is 13.0. The van der Waals surface area contributed by atoms with Gasteiger partial charge in [0, 0.05) is 36.0 Å². The molecule has 5 nitrogen and oxygen atoms in total. The first kappa shape index (κ1) is 22.3. The molecule has 0 amide bonds. The topological polar surface area (TPSA) is 59.5 Å². The molecule has 4 aromatic rings. The van der Waals surface area contributed by atoms with Crippen LogP contribution in [0, 0.1) is 0 Å². The lowest BCUT2D eigenvalue weighted by molar-refractivity contribution is 0.288. The zero-order valence-electron chi connectivity index (χ0n) is 18.3. The van der Waals surface area contributed by atoms with Gasteiger partial charge in [0.15, 0.2) is 0 Å². The van der Waals surface area contributed by atoms with Crippen molar-refractivity contribution in [2.75, 3.05) is 6.61 Å². The SMILES string of the molecule is CCCCCn1c(-c2ccc(CCCO)cc2)cc(=O)n2cc(-c3ccc(Cl)cc3)nc12. The summed E-state index contributed by atoms with van der Waals surface area (Å²) in [6, 6.07) is 17.4. The predicted molar refractivity (Wildman–Crippen MR) is 130 cm³/mol. The highest BCUT2D eigenvalue weighted by molar-refractivity contribution is 6.30. The number of benzene rings is 2. The Morgan fingerprint density at radius 2 is 1.69 bits per heavy atom. The summed E-state index contributed by atoms with van der Waals surface area (Å²) >= 11 is 6.03. The zero-order valence-corrected chi connectivity index (χ0v) is 19.1. The molecular formula is C26H28ClN3O2. The molecule has 2 aromatic carbocycles. The smallest absolute Gasteiger partial charge is 0.259 e. The van der Waals surface area contributed by atoms with Gasteiger partial charge in [-0.15, -0.1) is 0 Å². The van der Waals surface area contributed by atoms with E-state index in [2.05, 4.69) is 35.8 Å². The van der Waals surface area contributed by atoms with Crippen molar-refractivity contribution >= 4 is 17.4 Å². The van der Waals surface area contributed by atoms with Gasteiger partial charge in [0.25, 0.3) is 5.56 Å². The molecule has 0 saturated carbocycles. The zero-order chi connectivity index (χ0) is 22.5. The molecule has 1 N–H and O–H groups in total. The number of fused-ring (bicyclic) bond motifs is 1. The molecule has 2 heterocycles. The second-order valence-corrected chi connectivity index (χ2v) is 8.49. The lowest BCUT2D eigenvalue weighted by Gasteiger charge is -2.15. The largest absolute Gasteiger partial charge is 0.396 e. The van der Waals surface area contributed by atoms with Crippen LogP contribution in [0.3, 0.4) is 0 Å². The van der Waals surface area contributed by atoms with E-state index in [9.17, 15) is 4.79 Å². The van der Waals surface area contributed by atoms with Crippen molar-refractivity contribution in [1.29, 1.82) is 0 Å². The Kier molecular flexibility index (Phi) is 7.08. The summed E-state index contributed by atoms with van der Waals surface area (Å²) in [7, 11) is 0. The highest BCUT2D eigenvalue weighted by atomic mass is 35.5.